The van der Waals surface area contributed by atoms with Crippen LogP contribution < -0.4 is 5.32 Å². The van der Waals surface area contributed by atoms with Gasteiger partial charge in [0.15, 0.2) is 0 Å². The quantitative estimate of drug-likeness (QED) is 0.594. The van der Waals surface area contributed by atoms with E-state index in [-0.39, 0.29) is 0 Å². The molecule has 0 radical (unpaired) electrons. The molecular formula is C19H23N3. The fourth-order valence-electron chi connectivity index (χ4n) is 2.74. The number of hydrogen-bond donors (Lipinski definition) is 1. The van der Waals surface area contributed by atoms with Crippen LogP contribution in [0.2, 0.25) is 0 Å². The highest BCUT2D eigenvalue weighted by atomic mass is 15.2. The van der Waals surface area contributed by atoms with E-state index in [9.17, 15) is 0 Å². The molecule has 0 aliphatic rings. The van der Waals surface area contributed by atoms with Crippen LogP contribution in [0.25, 0.3) is 11.0 Å². The van der Waals surface area contributed by atoms with Gasteiger partial charge in [-0.25, -0.2) is 4.98 Å². The number of fused-ring (bicyclic) bond motifs is 1. The average molecular weight is 293 g/mol. The molecule has 0 fully saturated rings. The number of rotatable bonds is 7. The maximum Gasteiger partial charge on any atom is 0.208 e. The van der Waals surface area contributed by atoms with Crippen molar-refractivity contribution in [2.45, 2.75) is 39.2 Å². The van der Waals surface area contributed by atoms with Gasteiger partial charge in [0.1, 0.15) is 0 Å². The van der Waals surface area contributed by atoms with Crippen LogP contribution in [-0.2, 0) is 6.54 Å². The van der Waals surface area contributed by atoms with E-state index in [1.165, 1.54) is 31.2 Å². The Hall–Kier alpha value is -2.29. The number of benzene rings is 2. The standard InChI is InChI=1S/C19H23N3/c1-2-3-4-10-15-22-18-14-9-8-13-17(18)21-19(22)20-16-11-6-5-7-12-16/h5-9,11-14H,2-4,10,15H2,1H3,(H,20,21). The van der Waals surface area contributed by atoms with Crippen molar-refractivity contribution in [3.8, 4) is 0 Å². The lowest BCUT2D eigenvalue weighted by Gasteiger charge is -2.10. The summed E-state index contributed by atoms with van der Waals surface area (Å²) in [5.41, 5.74) is 3.33. The minimum atomic E-state index is 0.934. The zero-order valence-electron chi connectivity index (χ0n) is 13.1. The largest absolute Gasteiger partial charge is 0.326 e. The number of aromatic nitrogens is 2. The summed E-state index contributed by atoms with van der Waals surface area (Å²) in [4.78, 5) is 4.76. The number of nitrogens with zero attached hydrogens (tertiary/aromatic N) is 2. The molecule has 3 rings (SSSR count). The Balaban J connectivity index is 1.87. The number of unbranched alkanes of at least 4 members (excludes halogenated alkanes) is 3. The maximum absolute atomic E-state index is 4.76. The third-order valence-electron chi connectivity index (χ3n) is 3.92. The maximum atomic E-state index is 4.76. The molecule has 0 amide bonds. The molecule has 2 aromatic carbocycles. The van der Waals surface area contributed by atoms with Crippen LogP contribution in [0, 0.1) is 0 Å². The number of aryl methyl sites for hydroxylation is 1. The van der Waals surface area contributed by atoms with E-state index < -0.39 is 0 Å². The molecule has 0 saturated carbocycles. The SMILES string of the molecule is CCCCCCn1c(Nc2ccccc2)nc2ccccc21. The molecule has 0 saturated heterocycles. The Labute approximate surface area is 132 Å². The lowest BCUT2D eigenvalue weighted by atomic mass is 10.2. The first-order valence-electron chi connectivity index (χ1n) is 8.16. The Morgan fingerprint density at radius 2 is 1.68 bits per heavy atom. The van der Waals surface area contributed by atoms with Gasteiger partial charge >= 0.3 is 0 Å². The molecule has 1 aromatic heterocycles. The third-order valence-corrected chi connectivity index (χ3v) is 3.92. The highest BCUT2D eigenvalue weighted by Gasteiger charge is 2.10. The lowest BCUT2D eigenvalue weighted by Crippen LogP contribution is -2.04. The first-order chi connectivity index (χ1) is 10.9. The summed E-state index contributed by atoms with van der Waals surface area (Å²) in [6.07, 6.45) is 5.03. The molecule has 0 bridgehead atoms. The van der Waals surface area contributed by atoms with Gasteiger partial charge in [0, 0.05) is 12.2 Å². The molecule has 3 aromatic rings. The number of imidazole rings is 1. The fourth-order valence-corrected chi connectivity index (χ4v) is 2.74. The van der Waals surface area contributed by atoms with Crippen molar-refractivity contribution in [2.75, 3.05) is 5.32 Å². The zero-order chi connectivity index (χ0) is 15.2. The molecule has 3 heteroatoms. The topological polar surface area (TPSA) is 29.9 Å². The molecule has 0 aliphatic carbocycles. The summed E-state index contributed by atoms with van der Waals surface area (Å²) in [6, 6.07) is 18.6. The first kappa shape index (κ1) is 14.6. The van der Waals surface area contributed by atoms with Crippen LogP contribution >= 0.6 is 0 Å². The molecule has 0 atom stereocenters. The Morgan fingerprint density at radius 3 is 2.50 bits per heavy atom. The summed E-state index contributed by atoms with van der Waals surface area (Å²) in [5.74, 6) is 0.934. The number of hydrogen-bond acceptors (Lipinski definition) is 2. The fraction of sp³-hybridized carbons (Fsp3) is 0.316. The van der Waals surface area contributed by atoms with Crippen LogP contribution in [0.1, 0.15) is 32.6 Å². The zero-order valence-corrected chi connectivity index (χ0v) is 13.1. The van der Waals surface area contributed by atoms with Crippen LogP contribution in [0.15, 0.2) is 54.6 Å². The monoisotopic (exact) mass is 293 g/mol. The van der Waals surface area contributed by atoms with E-state index in [0.29, 0.717) is 0 Å². The van der Waals surface area contributed by atoms with E-state index in [2.05, 4.69) is 47.1 Å². The predicted molar refractivity (Wildman–Crippen MR) is 93.6 cm³/mol. The van der Waals surface area contributed by atoms with Crippen molar-refractivity contribution in [1.82, 2.24) is 9.55 Å². The van der Waals surface area contributed by atoms with Crippen LogP contribution in [0.4, 0.5) is 11.6 Å². The van der Waals surface area contributed by atoms with Gasteiger partial charge in [0.25, 0.3) is 0 Å². The minimum absolute atomic E-state index is 0.934. The molecule has 22 heavy (non-hydrogen) atoms. The van der Waals surface area contributed by atoms with Gasteiger partial charge in [0.05, 0.1) is 11.0 Å². The second kappa shape index (κ2) is 7.12. The van der Waals surface area contributed by atoms with Gasteiger partial charge < -0.3 is 9.88 Å². The Morgan fingerprint density at radius 1 is 0.909 bits per heavy atom. The Kier molecular flexibility index (Phi) is 4.74. The minimum Gasteiger partial charge on any atom is -0.326 e. The normalized spacial score (nSPS) is 11.0. The smallest absolute Gasteiger partial charge is 0.208 e. The lowest BCUT2D eigenvalue weighted by molar-refractivity contribution is 0.595. The van der Waals surface area contributed by atoms with Crippen molar-refractivity contribution < 1.29 is 0 Å². The molecule has 0 spiro atoms. The molecule has 1 N–H and O–H groups in total. The average Bonchev–Trinajstić information content (AvgIpc) is 2.90. The highest BCUT2D eigenvalue weighted by Crippen LogP contribution is 2.23. The first-order valence-corrected chi connectivity index (χ1v) is 8.16. The summed E-state index contributed by atoms with van der Waals surface area (Å²) >= 11 is 0. The molecule has 0 unspecified atom stereocenters. The van der Waals surface area contributed by atoms with Gasteiger partial charge in [-0.1, -0.05) is 56.5 Å². The van der Waals surface area contributed by atoms with E-state index in [4.69, 9.17) is 4.98 Å². The van der Waals surface area contributed by atoms with Gasteiger partial charge in [-0.15, -0.1) is 0 Å². The van der Waals surface area contributed by atoms with Crippen LogP contribution in [-0.4, -0.2) is 9.55 Å². The predicted octanol–water partition coefficient (Wildman–Crippen LogP) is 5.36. The summed E-state index contributed by atoms with van der Waals surface area (Å²) in [5, 5.41) is 3.45. The van der Waals surface area contributed by atoms with E-state index in [0.717, 1.165) is 23.7 Å². The number of para-hydroxylation sites is 3. The second-order valence-electron chi connectivity index (χ2n) is 5.63. The van der Waals surface area contributed by atoms with Gasteiger partial charge in [-0.3, -0.25) is 0 Å². The Bertz CT molecular complexity index is 716. The second-order valence-corrected chi connectivity index (χ2v) is 5.63. The van der Waals surface area contributed by atoms with E-state index in [1.807, 2.05) is 24.3 Å². The van der Waals surface area contributed by atoms with Crippen molar-refractivity contribution >= 4 is 22.7 Å². The van der Waals surface area contributed by atoms with Gasteiger partial charge in [0.2, 0.25) is 5.95 Å². The summed E-state index contributed by atoms with van der Waals surface area (Å²) in [6.45, 7) is 3.25. The molecule has 0 aliphatic heterocycles. The number of anilines is 2. The summed E-state index contributed by atoms with van der Waals surface area (Å²) < 4.78 is 2.30. The van der Waals surface area contributed by atoms with Crippen LogP contribution in [0.5, 0.6) is 0 Å². The highest BCUT2D eigenvalue weighted by molar-refractivity contribution is 5.79. The number of nitrogens with one attached hydrogen (secondary N) is 1. The molecule has 114 valence electrons. The van der Waals surface area contributed by atoms with E-state index >= 15 is 0 Å². The van der Waals surface area contributed by atoms with E-state index in [1.54, 1.807) is 0 Å². The van der Waals surface area contributed by atoms with Crippen LogP contribution in [0.3, 0.4) is 0 Å². The van der Waals surface area contributed by atoms with Crippen molar-refractivity contribution in [3.63, 3.8) is 0 Å². The third kappa shape index (κ3) is 3.30. The van der Waals surface area contributed by atoms with Crippen molar-refractivity contribution in [1.29, 1.82) is 0 Å². The van der Waals surface area contributed by atoms with Gasteiger partial charge in [-0.2, -0.15) is 0 Å². The summed E-state index contributed by atoms with van der Waals surface area (Å²) in [7, 11) is 0. The van der Waals surface area contributed by atoms with Gasteiger partial charge in [-0.05, 0) is 30.7 Å². The molecular weight excluding hydrogens is 270 g/mol. The molecule has 1 heterocycles. The van der Waals surface area contributed by atoms with Crippen molar-refractivity contribution in [3.05, 3.63) is 54.6 Å². The molecule has 3 nitrogen and oxygen atoms in total. The van der Waals surface area contributed by atoms with Crippen molar-refractivity contribution in [2.24, 2.45) is 0 Å².